The molecule has 0 spiro atoms. The number of nitrogens with one attached hydrogen (secondary N) is 2. The van der Waals surface area contributed by atoms with Gasteiger partial charge in [-0.1, -0.05) is 47.5 Å². The van der Waals surface area contributed by atoms with Gasteiger partial charge in [0.05, 0.1) is 5.92 Å². The Hall–Kier alpha value is -1.55. The van der Waals surface area contributed by atoms with Crippen LogP contribution in [0.1, 0.15) is 17.0 Å². The molecule has 2 aromatic rings. The minimum absolute atomic E-state index is 0.0621. The number of benzene rings is 2. The van der Waals surface area contributed by atoms with Crippen LogP contribution >= 0.6 is 23.2 Å². The van der Waals surface area contributed by atoms with Crippen molar-refractivity contribution in [2.75, 3.05) is 11.9 Å². The molecular formula is C16H14Cl2N2O. The predicted octanol–water partition coefficient (Wildman–Crippen LogP) is 3.82. The summed E-state index contributed by atoms with van der Waals surface area (Å²) in [6, 6.07) is 13.0. The number of anilines is 1. The monoisotopic (exact) mass is 320 g/mol. The lowest BCUT2D eigenvalue weighted by Crippen LogP contribution is -2.35. The Morgan fingerprint density at radius 1 is 1.14 bits per heavy atom. The van der Waals surface area contributed by atoms with Gasteiger partial charge in [0.1, 0.15) is 0 Å². The van der Waals surface area contributed by atoms with Gasteiger partial charge in [-0.2, -0.15) is 0 Å². The largest absolute Gasteiger partial charge is 0.325 e. The Morgan fingerprint density at radius 2 is 1.86 bits per heavy atom. The van der Waals surface area contributed by atoms with Crippen molar-refractivity contribution >= 4 is 34.8 Å². The summed E-state index contributed by atoms with van der Waals surface area (Å²) in [4.78, 5) is 12.5. The van der Waals surface area contributed by atoms with E-state index < -0.39 is 0 Å². The van der Waals surface area contributed by atoms with E-state index in [1.165, 1.54) is 0 Å². The van der Waals surface area contributed by atoms with Gasteiger partial charge < -0.3 is 10.6 Å². The number of carbonyl (C=O) groups is 1. The second kappa shape index (κ2) is 6.06. The van der Waals surface area contributed by atoms with E-state index in [4.69, 9.17) is 23.2 Å². The van der Waals surface area contributed by atoms with Crippen LogP contribution in [-0.2, 0) is 11.3 Å². The highest BCUT2D eigenvalue weighted by Crippen LogP contribution is 2.27. The lowest BCUT2D eigenvalue weighted by Gasteiger charge is -2.25. The SMILES string of the molecule is O=C(Nc1cc(Cl)cc(Cl)c1)C1CNCc2ccccc21. The van der Waals surface area contributed by atoms with Crippen LogP contribution in [-0.4, -0.2) is 12.5 Å². The third-order valence-corrected chi connectivity index (χ3v) is 3.98. The summed E-state index contributed by atoms with van der Waals surface area (Å²) in [5.41, 5.74) is 2.84. The van der Waals surface area contributed by atoms with Crippen molar-refractivity contribution in [1.82, 2.24) is 5.32 Å². The summed E-state index contributed by atoms with van der Waals surface area (Å²) in [7, 11) is 0. The highest BCUT2D eigenvalue weighted by molar-refractivity contribution is 6.35. The maximum absolute atomic E-state index is 12.5. The smallest absolute Gasteiger partial charge is 0.233 e. The molecule has 5 heteroatoms. The van der Waals surface area contributed by atoms with Crippen molar-refractivity contribution < 1.29 is 4.79 Å². The number of hydrogen-bond acceptors (Lipinski definition) is 2. The maximum atomic E-state index is 12.5. The van der Waals surface area contributed by atoms with Crippen LogP contribution in [0.25, 0.3) is 0 Å². The molecule has 1 aliphatic heterocycles. The summed E-state index contributed by atoms with van der Waals surface area (Å²) < 4.78 is 0. The average Bonchev–Trinajstić information content (AvgIpc) is 2.45. The molecule has 0 fully saturated rings. The molecule has 1 aliphatic rings. The minimum Gasteiger partial charge on any atom is -0.325 e. The predicted molar refractivity (Wildman–Crippen MR) is 86.0 cm³/mol. The third kappa shape index (κ3) is 3.21. The minimum atomic E-state index is -0.215. The molecule has 21 heavy (non-hydrogen) atoms. The molecule has 0 saturated carbocycles. The molecule has 0 aliphatic carbocycles. The van der Waals surface area contributed by atoms with Crippen LogP contribution in [0.15, 0.2) is 42.5 Å². The van der Waals surface area contributed by atoms with Gasteiger partial charge in [-0.25, -0.2) is 0 Å². The van der Waals surface area contributed by atoms with Crippen molar-refractivity contribution in [1.29, 1.82) is 0 Å². The van der Waals surface area contributed by atoms with Crippen LogP contribution < -0.4 is 10.6 Å². The zero-order chi connectivity index (χ0) is 14.8. The van der Waals surface area contributed by atoms with E-state index in [-0.39, 0.29) is 11.8 Å². The van der Waals surface area contributed by atoms with E-state index in [2.05, 4.69) is 10.6 Å². The van der Waals surface area contributed by atoms with Gasteiger partial charge in [0, 0.05) is 28.8 Å². The van der Waals surface area contributed by atoms with Crippen molar-refractivity contribution in [3.63, 3.8) is 0 Å². The normalized spacial score (nSPS) is 17.1. The molecule has 0 saturated heterocycles. The first kappa shape index (κ1) is 14.4. The molecule has 0 bridgehead atoms. The van der Waals surface area contributed by atoms with Crippen LogP contribution in [0.4, 0.5) is 5.69 Å². The zero-order valence-electron chi connectivity index (χ0n) is 11.2. The van der Waals surface area contributed by atoms with Crippen LogP contribution in [0, 0.1) is 0 Å². The first-order valence-corrected chi connectivity index (χ1v) is 7.44. The van der Waals surface area contributed by atoms with Crippen LogP contribution in [0.3, 0.4) is 0 Å². The van der Waals surface area contributed by atoms with Gasteiger partial charge in [-0.05, 0) is 29.3 Å². The molecule has 1 atom stereocenters. The number of carbonyl (C=O) groups excluding carboxylic acids is 1. The molecular weight excluding hydrogens is 307 g/mol. The molecule has 1 unspecified atom stereocenters. The number of rotatable bonds is 2. The van der Waals surface area contributed by atoms with E-state index in [0.717, 1.165) is 17.7 Å². The van der Waals surface area contributed by atoms with Gasteiger partial charge in [-0.3, -0.25) is 4.79 Å². The first-order valence-electron chi connectivity index (χ1n) is 6.69. The molecule has 1 amide bonds. The number of hydrogen-bond donors (Lipinski definition) is 2. The van der Waals surface area contributed by atoms with Crippen molar-refractivity contribution in [3.8, 4) is 0 Å². The highest BCUT2D eigenvalue weighted by Gasteiger charge is 2.26. The lowest BCUT2D eigenvalue weighted by atomic mass is 9.90. The molecule has 3 nitrogen and oxygen atoms in total. The van der Waals surface area contributed by atoms with Crippen LogP contribution in [0.5, 0.6) is 0 Å². The van der Waals surface area contributed by atoms with Gasteiger partial charge in [0.2, 0.25) is 5.91 Å². The Kier molecular flexibility index (Phi) is 4.15. The molecule has 2 N–H and O–H groups in total. The van der Waals surface area contributed by atoms with Gasteiger partial charge in [0.25, 0.3) is 0 Å². The summed E-state index contributed by atoms with van der Waals surface area (Å²) in [6.45, 7) is 1.42. The van der Waals surface area contributed by atoms with Gasteiger partial charge in [-0.15, -0.1) is 0 Å². The number of amides is 1. The Balaban J connectivity index is 1.83. The maximum Gasteiger partial charge on any atom is 0.233 e. The van der Waals surface area contributed by atoms with Crippen molar-refractivity contribution in [2.45, 2.75) is 12.5 Å². The summed E-state index contributed by atoms with van der Waals surface area (Å²) >= 11 is 11.9. The fraction of sp³-hybridized carbons (Fsp3) is 0.188. The Morgan fingerprint density at radius 3 is 2.62 bits per heavy atom. The van der Waals surface area contributed by atoms with Crippen molar-refractivity contribution in [3.05, 3.63) is 63.6 Å². The lowest BCUT2D eigenvalue weighted by molar-refractivity contribution is -0.117. The summed E-state index contributed by atoms with van der Waals surface area (Å²) in [5.74, 6) is -0.277. The molecule has 3 rings (SSSR count). The highest BCUT2D eigenvalue weighted by atomic mass is 35.5. The first-order chi connectivity index (χ1) is 10.1. The Labute approximate surface area is 133 Å². The zero-order valence-corrected chi connectivity index (χ0v) is 12.7. The van der Waals surface area contributed by atoms with E-state index in [0.29, 0.717) is 22.3 Å². The Bertz CT molecular complexity index is 667. The van der Waals surface area contributed by atoms with Crippen LogP contribution in [0.2, 0.25) is 10.0 Å². The fourth-order valence-corrected chi connectivity index (χ4v) is 3.11. The summed E-state index contributed by atoms with van der Waals surface area (Å²) in [5, 5.41) is 7.15. The second-order valence-corrected chi connectivity index (χ2v) is 5.90. The topological polar surface area (TPSA) is 41.1 Å². The van der Waals surface area contributed by atoms with Gasteiger partial charge >= 0.3 is 0 Å². The standard InChI is InChI=1S/C16H14Cl2N2O/c17-11-5-12(18)7-13(6-11)20-16(21)15-9-19-8-10-3-1-2-4-14(10)15/h1-7,15,19H,8-9H2,(H,20,21). The summed E-state index contributed by atoms with van der Waals surface area (Å²) in [6.07, 6.45) is 0. The van der Waals surface area contributed by atoms with E-state index in [1.54, 1.807) is 18.2 Å². The second-order valence-electron chi connectivity index (χ2n) is 5.03. The molecule has 108 valence electrons. The molecule has 2 aromatic carbocycles. The molecule has 0 aromatic heterocycles. The average molecular weight is 321 g/mol. The molecule has 1 heterocycles. The van der Waals surface area contributed by atoms with E-state index in [1.807, 2.05) is 24.3 Å². The van der Waals surface area contributed by atoms with E-state index >= 15 is 0 Å². The van der Waals surface area contributed by atoms with Gasteiger partial charge in [0.15, 0.2) is 0 Å². The number of halogens is 2. The number of fused-ring (bicyclic) bond motifs is 1. The molecule has 0 radical (unpaired) electrons. The van der Waals surface area contributed by atoms with E-state index in [9.17, 15) is 4.79 Å². The third-order valence-electron chi connectivity index (χ3n) is 3.54. The quantitative estimate of drug-likeness (QED) is 0.883. The fourth-order valence-electron chi connectivity index (χ4n) is 2.59. The van der Waals surface area contributed by atoms with Crippen molar-refractivity contribution in [2.24, 2.45) is 0 Å².